The van der Waals surface area contributed by atoms with Gasteiger partial charge in [-0.25, -0.2) is 0 Å². The predicted octanol–water partition coefficient (Wildman–Crippen LogP) is 1.43. The molecule has 6 nitrogen and oxygen atoms in total. The number of carbonyl (C=O) groups is 2. The van der Waals surface area contributed by atoms with Gasteiger partial charge in [0.25, 0.3) is 0 Å². The first-order valence-corrected chi connectivity index (χ1v) is 7.82. The van der Waals surface area contributed by atoms with Gasteiger partial charge in [0.15, 0.2) is 0 Å². The van der Waals surface area contributed by atoms with Crippen LogP contribution < -0.4 is 5.32 Å². The van der Waals surface area contributed by atoms with Crippen LogP contribution in [0.25, 0.3) is 0 Å². The molecule has 0 aliphatic carbocycles. The van der Waals surface area contributed by atoms with Crippen LogP contribution in [0.2, 0.25) is 0 Å². The van der Waals surface area contributed by atoms with Crippen LogP contribution in [0.3, 0.4) is 0 Å². The van der Waals surface area contributed by atoms with Crippen molar-refractivity contribution in [2.75, 3.05) is 26.3 Å². The van der Waals surface area contributed by atoms with E-state index in [0.717, 1.165) is 5.56 Å². The van der Waals surface area contributed by atoms with Gasteiger partial charge in [-0.2, -0.15) is 0 Å². The molecule has 0 aromatic heterocycles. The molecule has 2 rings (SSSR count). The number of aliphatic carboxylic acids is 1. The third kappa shape index (κ3) is 4.53. The Bertz CT molecular complexity index is 539. The third-order valence-corrected chi connectivity index (χ3v) is 4.24. The zero-order chi connectivity index (χ0) is 16.9. The highest BCUT2D eigenvalue weighted by Gasteiger charge is 2.36. The Morgan fingerprint density at radius 2 is 1.87 bits per heavy atom. The van der Waals surface area contributed by atoms with E-state index in [4.69, 9.17) is 9.84 Å². The van der Waals surface area contributed by atoms with Gasteiger partial charge in [-0.3, -0.25) is 14.5 Å². The molecule has 6 heteroatoms. The van der Waals surface area contributed by atoms with Crippen LogP contribution in [0.4, 0.5) is 0 Å². The maximum Gasteiger partial charge on any atom is 0.305 e. The molecule has 0 spiro atoms. The monoisotopic (exact) mass is 320 g/mol. The Hall–Kier alpha value is -1.92. The van der Waals surface area contributed by atoms with E-state index in [2.05, 4.69) is 10.2 Å². The molecule has 1 saturated heterocycles. The molecule has 1 unspecified atom stereocenters. The minimum Gasteiger partial charge on any atom is -0.481 e. The number of carboxylic acids is 1. The number of amides is 1. The van der Waals surface area contributed by atoms with Crippen molar-refractivity contribution in [3.8, 4) is 0 Å². The Labute approximate surface area is 136 Å². The van der Waals surface area contributed by atoms with Gasteiger partial charge in [-0.1, -0.05) is 30.3 Å². The number of hydrogen-bond acceptors (Lipinski definition) is 4. The van der Waals surface area contributed by atoms with Crippen molar-refractivity contribution in [1.82, 2.24) is 10.2 Å². The topological polar surface area (TPSA) is 78.9 Å². The summed E-state index contributed by atoms with van der Waals surface area (Å²) < 4.78 is 5.33. The molecule has 23 heavy (non-hydrogen) atoms. The molecule has 0 radical (unpaired) electrons. The van der Waals surface area contributed by atoms with E-state index in [1.54, 1.807) is 0 Å². The lowest BCUT2D eigenvalue weighted by Crippen LogP contribution is -2.58. The maximum atomic E-state index is 12.7. The lowest BCUT2D eigenvalue weighted by molar-refractivity contribution is -0.139. The molecule has 2 N–H and O–H groups in total. The number of benzene rings is 1. The fourth-order valence-electron chi connectivity index (χ4n) is 2.71. The van der Waals surface area contributed by atoms with Gasteiger partial charge in [0.05, 0.1) is 31.2 Å². The number of rotatable bonds is 6. The van der Waals surface area contributed by atoms with E-state index < -0.39 is 17.6 Å². The fraction of sp³-hybridized carbons (Fsp3) is 0.529. The summed E-state index contributed by atoms with van der Waals surface area (Å²) in [6.45, 7) is 6.31. The van der Waals surface area contributed by atoms with Crippen molar-refractivity contribution in [3.63, 3.8) is 0 Å². The van der Waals surface area contributed by atoms with Gasteiger partial charge in [0.1, 0.15) is 0 Å². The molecule has 0 saturated carbocycles. The smallest absolute Gasteiger partial charge is 0.305 e. The summed E-state index contributed by atoms with van der Waals surface area (Å²) in [4.78, 5) is 25.9. The number of hydrogen-bond donors (Lipinski definition) is 2. The average Bonchev–Trinajstić information content (AvgIpc) is 2.55. The number of carbonyl (C=O) groups excluding carboxylic acids is 1. The second kappa shape index (κ2) is 7.57. The van der Waals surface area contributed by atoms with Crippen LogP contribution in [0.15, 0.2) is 30.3 Å². The highest BCUT2D eigenvalue weighted by Crippen LogP contribution is 2.21. The Morgan fingerprint density at radius 3 is 2.43 bits per heavy atom. The van der Waals surface area contributed by atoms with Crippen molar-refractivity contribution < 1.29 is 19.4 Å². The average molecular weight is 320 g/mol. The first-order chi connectivity index (χ1) is 10.9. The third-order valence-electron chi connectivity index (χ3n) is 4.24. The molecule has 1 amide bonds. The molecular weight excluding hydrogens is 296 g/mol. The van der Waals surface area contributed by atoms with Gasteiger partial charge < -0.3 is 15.2 Å². The molecule has 1 aliphatic rings. The molecule has 126 valence electrons. The summed E-state index contributed by atoms with van der Waals surface area (Å²) in [5.41, 5.74) is 0.0796. The molecule has 1 aromatic rings. The number of morpholine rings is 1. The molecule has 1 atom stereocenters. The zero-order valence-electron chi connectivity index (χ0n) is 13.6. The fourth-order valence-corrected chi connectivity index (χ4v) is 2.71. The Balaban J connectivity index is 2.11. The molecule has 1 aliphatic heterocycles. The summed E-state index contributed by atoms with van der Waals surface area (Å²) in [6, 6.07) is 8.65. The number of nitrogens with zero attached hydrogens (tertiary/aromatic N) is 1. The maximum absolute atomic E-state index is 12.7. The lowest BCUT2D eigenvalue weighted by atomic mass is 9.98. The number of nitrogens with one attached hydrogen (secondary N) is 1. The van der Waals surface area contributed by atoms with Gasteiger partial charge in [-0.15, -0.1) is 0 Å². The summed E-state index contributed by atoms with van der Waals surface area (Å²) in [7, 11) is 0. The quantitative estimate of drug-likeness (QED) is 0.829. The van der Waals surface area contributed by atoms with Crippen molar-refractivity contribution in [1.29, 1.82) is 0 Å². The van der Waals surface area contributed by atoms with Crippen LogP contribution >= 0.6 is 0 Å². The standard InChI is InChI=1S/C17H24N2O4/c1-17(2,19-8-10-23-11-9-19)16(22)18-14(12-15(20)21)13-6-4-3-5-7-13/h3-7,14H,8-12H2,1-2H3,(H,18,22)(H,20,21). The summed E-state index contributed by atoms with van der Waals surface area (Å²) >= 11 is 0. The SMILES string of the molecule is CC(C)(C(=O)NC(CC(=O)O)c1ccccc1)N1CCOCC1. The van der Waals surface area contributed by atoms with Gasteiger partial charge in [0, 0.05) is 13.1 Å². The highest BCUT2D eigenvalue weighted by atomic mass is 16.5. The van der Waals surface area contributed by atoms with Gasteiger partial charge in [0.2, 0.25) is 5.91 Å². The predicted molar refractivity (Wildman–Crippen MR) is 86.0 cm³/mol. The second-order valence-corrected chi connectivity index (χ2v) is 6.19. The van der Waals surface area contributed by atoms with Crippen LogP contribution in [0.1, 0.15) is 31.9 Å². The normalized spacial score (nSPS) is 17.5. The van der Waals surface area contributed by atoms with Crippen molar-refractivity contribution in [2.45, 2.75) is 31.8 Å². The van der Waals surface area contributed by atoms with E-state index in [1.807, 2.05) is 44.2 Å². The Morgan fingerprint density at radius 1 is 1.26 bits per heavy atom. The van der Waals surface area contributed by atoms with E-state index >= 15 is 0 Å². The molecule has 1 heterocycles. The molecular formula is C17H24N2O4. The van der Waals surface area contributed by atoms with Gasteiger partial charge >= 0.3 is 5.97 Å². The highest BCUT2D eigenvalue weighted by molar-refractivity contribution is 5.86. The van der Waals surface area contributed by atoms with E-state index in [-0.39, 0.29) is 12.3 Å². The summed E-state index contributed by atoms with van der Waals surface area (Å²) in [6.07, 6.45) is -0.144. The van der Waals surface area contributed by atoms with E-state index in [0.29, 0.717) is 26.3 Å². The first kappa shape index (κ1) is 17.4. The molecule has 1 fully saturated rings. The van der Waals surface area contributed by atoms with Crippen molar-refractivity contribution >= 4 is 11.9 Å². The minimum atomic E-state index is -0.941. The van der Waals surface area contributed by atoms with Crippen molar-refractivity contribution in [3.05, 3.63) is 35.9 Å². The zero-order valence-corrected chi connectivity index (χ0v) is 13.6. The summed E-state index contributed by atoms with van der Waals surface area (Å²) in [5.74, 6) is -1.11. The van der Waals surface area contributed by atoms with Crippen LogP contribution in [-0.4, -0.2) is 53.7 Å². The molecule has 1 aromatic carbocycles. The number of carboxylic acid groups (broad SMARTS) is 1. The van der Waals surface area contributed by atoms with E-state index in [1.165, 1.54) is 0 Å². The summed E-state index contributed by atoms with van der Waals surface area (Å²) in [5, 5.41) is 12.0. The van der Waals surface area contributed by atoms with Crippen LogP contribution in [0, 0.1) is 0 Å². The van der Waals surface area contributed by atoms with Crippen LogP contribution in [0.5, 0.6) is 0 Å². The minimum absolute atomic E-state index is 0.144. The number of ether oxygens (including phenoxy) is 1. The van der Waals surface area contributed by atoms with E-state index in [9.17, 15) is 9.59 Å². The second-order valence-electron chi connectivity index (χ2n) is 6.19. The molecule has 0 bridgehead atoms. The van der Waals surface area contributed by atoms with Crippen LogP contribution in [-0.2, 0) is 14.3 Å². The Kier molecular flexibility index (Phi) is 5.74. The lowest BCUT2D eigenvalue weighted by Gasteiger charge is -2.40. The van der Waals surface area contributed by atoms with Gasteiger partial charge in [-0.05, 0) is 19.4 Å². The first-order valence-electron chi connectivity index (χ1n) is 7.82. The van der Waals surface area contributed by atoms with Crippen molar-refractivity contribution in [2.24, 2.45) is 0 Å². The largest absolute Gasteiger partial charge is 0.481 e.